The number of nitrogens with zero attached hydrogens (tertiary/aromatic N) is 2. The predicted octanol–water partition coefficient (Wildman–Crippen LogP) is 1.56. The molecule has 2 aromatic carbocycles. The molecule has 0 radical (unpaired) electrons. The van der Waals surface area contributed by atoms with Gasteiger partial charge in [0, 0.05) is 0 Å². The fraction of sp³-hybridized carbons (Fsp3) is 0.0625. The van der Waals surface area contributed by atoms with Crippen LogP contribution in [0.3, 0.4) is 0 Å². The first-order chi connectivity index (χ1) is 10.2. The molecule has 0 spiro atoms. The molecule has 3 nitrogen and oxygen atoms in total. The molecule has 2 N–H and O–H groups in total. The maximum atomic E-state index is 13.8. The van der Waals surface area contributed by atoms with Gasteiger partial charge in [-0.15, -0.1) is 0 Å². The van der Waals surface area contributed by atoms with Crippen LogP contribution in [0.15, 0.2) is 54.6 Å². The zero-order valence-electron chi connectivity index (χ0n) is 11.5. The average molecular weight is 346 g/mol. The summed E-state index contributed by atoms with van der Waals surface area (Å²) in [7, 11) is 0. The van der Waals surface area contributed by atoms with E-state index in [9.17, 15) is 4.39 Å². The van der Waals surface area contributed by atoms with Gasteiger partial charge in [-0.05, 0) is 0 Å². The van der Waals surface area contributed by atoms with Crippen LogP contribution in [0.1, 0.15) is 5.69 Å². The summed E-state index contributed by atoms with van der Waals surface area (Å²) < 4.78 is 17.1. The van der Waals surface area contributed by atoms with Gasteiger partial charge >= 0.3 is 128 Å². The molecule has 0 aliphatic carbocycles. The summed E-state index contributed by atoms with van der Waals surface area (Å²) in [6, 6.07) is 16.5. The van der Waals surface area contributed by atoms with E-state index in [1.165, 1.54) is 6.07 Å². The Labute approximate surface area is 128 Å². The minimum absolute atomic E-state index is 0.191. The Balaban J connectivity index is 2.01. The predicted molar refractivity (Wildman–Crippen MR) is 84.1 cm³/mol. The van der Waals surface area contributed by atoms with Gasteiger partial charge in [0.05, 0.1) is 0 Å². The van der Waals surface area contributed by atoms with Crippen LogP contribution in [0.4, 0.5) is 10.2 Å². The first kappa shape index (κ1) is 13.9. The van der Waals surface area contributed by atoms with Crippen LogP contribution in [0.25, 0.3) is 5.69 Å². The Morgan fingerprint density at radius 1 is 1.05 bits per heavy atom. The second kappa shape index (κ2) is 5.72. The third kappa shape index (κ3) is 2.71. The number of aryl methyl sites for hydroxylation is 1. The normalized spacial score (nSPS) is 10.8. The van der Waals surface area contributed by atoms with Crippen molar-refractivity contribution in [3.05, 3.63) is 66.1 Å². The summed E-state index contributed by atoms with van der Waals surface area (Å²) in [5.41, 5.74) is 7.99. The second-order valence-corrected chi connectivity index (χ2v) is 6.79. The first-order valence-electron chi connectivity index (χ1n) is 6.49. The van der Waals surface area contributed by atoms with Crippen molar-refractivity contribution in [1.29, 1.82) is 0 Å². The number of hydrogen-bond acceptors (Lipinski definition) is 2. The third-order valence-electron chi connectivity index (χ3n) is 3.09. The van der Waals surface area contributed by atoms with Crippen LogP contribution < -0.4 is 14.7 Å². The van der Waals surface area contributed by atoms with Crippen molar-refractivity contribution in [2.45, 2.75) is 6.92 Å². The Morgan fingerprint density at radius 3 is 2.43 bits per heavy atom. The summed E-state index contributed by atoms with van der Waals surface area (Å²) >= 11 is -0.202. The summed E-state index contributed by atoms with van der Waals surface area (Å²) in [6.45, 7) is 1.91. The molecular weight excluding hydrogens is 332 g/mol. The van der Waals surface area contributed by atoms with Crippen LogP contribution in [0.2, 0.25) is 0 Å². The Kier molecular flexibility index (Phi) is 3.77. The fourth-order valence-corrected chi connectivity index (χ4v) is 3.97. The Hall–Kier alpha value is -2.10. The molecule has 0 unspecified atom stereocenters. The molecule has 5 heteroatoms. The second-order valence-electron chi connectivity index (χ2n) is 4.58. The monoisotopic (exact) mass is 347 g/mol. The summed E-state index contributed by atoms with van der Waals surface area (Å²) in [5.74, 6) is 0.394. The molecule has 3 rings (SSSR count). The number of anilines is 1. The van der Waals surface area contributed by atoms with E-state index < -0.39 is 0 Å². The molecular formula is C16H14FN3Se. The van der Waals surface area contributed by atoms with E-state index in [1.807, 2.05) is 43.3 Å². The van der Waals surface area contributed by atoms with E-state index in [0.717, 1.165) is 15.8 Å². The molecule has 1 heterocycles. The molecule has 1 aromatic heterocycles. The van der Waals surface area contributed by atoms with E-state index in [2.05, 4.69) is 5.10 Å². The number of benzene rings is 2. The average Bonchev–Trinajstić information content (AvgIpc) is 2.78. The van der Waals surface area contributed by atoms with Gasteiger partial charge in [-0.1, -0.05) is 0 Å². The zero-order chi connectivity index (χ0) is 14.8. The van der Waals surface area contributed by atoms with Gasteiger partial charge in [0.2, 0.25) is 0 Å². The van der Waals surface area contributed by atoms with Crippen molar-refractivity contribution in [3.63, 3.8) is 0 Å². The van der Waals surface area contributed by atoms with Gasteiger partial charge in [0.15, 0.2) is 0 Å². The fourth-order valence-electron chi connectivity index (χ4n) is 2.06. The molecule has 0 aliphatic rings. The third-order valence-corrected chi connectivity index (χ3v) is 5.73. The molecule has 0 fully saturated rings. The van der Waals surface area contributed by atoms with Crippen molar-refractivity contribution in [2.75, 3.05) is 5.73 Å². The number of aromatic nitrogens is 2. The van der Waals surface area contributed by atoms with Crippen molar-refractivity contribution in [3.8, 4) is 5.69 Å². The standard InChI is InChI=1S/C16H14FN3Se/c1-11-15(21-14-10-6-5-9-13(14)17)16(18)20(19-11)12-7-3-2-4-8-12/h2-10H,18H2,1H3. The molecule has 0 amide bonds. The van der Waals surface area contributed by atoms with Crippen LogP contribution in [0.5, 0.6) is 0 Å². The summed E-state index contributed by atoms with van der Waals surface area (Å²) in [6.07, 6.45) is 0. The quantitative estimate of drug-likeness (QED) is 0.732. The first-order valence-corrected chi connectivity index (χ1v) is 8.21. The molecule has 106 valence electrons. The zero-order valence-corrected chi connectivity index (χ0v) is 13.2. The van der Waals surface area contributed by atoms with Crippen molar-refractivity contribution < 1.29 is 4.39 Å². The van der Waals surface area contributed by atoms with Crippen LogP contribution in [-0.4, -0.2) is 24.7 Å². The SMILES string of the molecule is Cc1nn(-c2ccccc2)c(N)c1[Se]c1ccccc1F. The van der Waals surface area contributed by atoms with E-state index in [-0.39, 0.29) is 20.8 Å². The van der Waals surface area contributed by atoms with Crippen LogP contribution >= 0.6 is 0 Å². The van der Waals surface area contributed by atoms with E-state index in [0.29, 0.717) is 10.3 Å². The molecule has 0 saturated heterocycles. The topological polar surface area (TPSA) is 43.8 Å². The number of nitrogens with two attached hydrogens (primary N) is 1. The minimum atomic E-state index is -0.202. The summed E-state index contributed by atoms with van der Waals surface area (Å²) in [5, 5.41) is 4.49. The number of hydrogen-bond donors (Lipinski definition) is 1. The molecule has 0 saturated carbocycles. The summed E-state index contributed by atoms with van der Waals surface area (Å²) in [4.78, 5) is 0. The van der Waals surface area contributed by atoms with Gasteiger partial charge in [-0.3, -0.25) is 0 Å². The maximum absolute atomic E-state index is 13.8. The number of para-hydroxylation sites is 1. The Morgan fingerprint density at radius 2 is 1.71 bits per heavy atom. The van der Waals surface area contributed by atoms with Gasteiger partial charge in [0.25, 0.3) is 0 Å². The number of nitrogen functional groups attached to an aromatic ring is 1. The van der Waals surface area contributed by atoms with Crippen molar-refractivity contribution >= 4 is 29.7 Å². The number of rotatable bonds is 3. The van der Waals surface area contributed by atoms with Gasteiger partial charge in [0.1, 0.15) is 0 Å². The molecule has 0 bridgehead atoms. The van der Waals surface area contributed by atoms with Gasteiger partial charge < -0.3 is 0 Å². The Bertz CT molecular complexity index is 768. The van der Waals surface area contributed by atoms with Crippen molar-refractivity contribution in [2.24, 2.45) is 0 Å². The van der Waals surface area contributed by atoms with Crippen molar-refractivity contribution in [1.82, 2.24) is 9.78 Å². The van der Waals surface area contributed by atoms with Crippen LogP contribution in [0, 0.1) is 12.7 Å². The van der Waals surface area contributed by atoms with Gasteiger partial charge in [-0.2, -0.15) is 0 Å². The van der Waals surface area contributed by atoms with Gasteiger partial charge in [-0.25, -0.2) is 0 Å². The molecule has 3 aromatic rings. The van der Waals surface area contributed by atoms with Crippen LogP contribution in [-0.2, 0) is 0 Å². The van der Waals surface area contributed by atoms with E-state index >= 15 is 0 Å². The number of halogens is 1. The van der Waals surface area contributed by atoms with E-state index in [1.54, 1.807) is 16.8 Å². The molecule has 21 heavy (non-hydrogen) atoms. The molecule has 0 aliphatic heterocycles. The van der Waals surface area contributed by atoms with E-state index in [4.69, 9.17) is 5.73 Å². The molecule has 0 atom stereocenters.